The first-order valence-corrected chi connectivity index (χ1v) is 8.49. The van der Waals surface area contributed by atoms with Crippen LogP contribution in [0.5, 0.6) is 0 Å². The molecule has 0 unspecified atom stereocenters. The number of hydrogen-bond acceptors (Lipinski definition) is 3. The van der Waals surface area contributed by atoms with Crippen LogP contribution < -0.4 is 5.32 Å². The van der Waals surface area contributed by atoms with Crippen molar-refractivity contribution in [1.29, 1.82) is 0 Å². The molecule has 0 saturated heterocycles. The summed E-state index contributed by atoms with van der Waals surface area (Å²) >= 11 is 1.92. The van der Waals surface area contributed by atoms with Gasteiger partial charge in [-0.2, -0.15) is 0 Å². The predicted molar refractivity (Wildman–Crippen MR) is 84.3 cm³/mol. The topological polar surface area (TPSA) is 29.9 Å². The van der Waals surface area contributed by atoms with Crippen LogP contribution in [0, 0.1) is 0 Å². The second-order valence-electron chi connectivity index (χ2n) is 5.52. The van der Waals surface area contributed by atoms with Crippen LogP contribution in [-0.2, 0) is 25.9 Å². The SMILES string of the molecule is CCCNCc1ccc(Cn2cnc3c2CCCC3)s1. The summed E-state index contributed by atoms with van der Waals surface area (Å²) in [6, 6.07) is 4.52. The summed E-state index contributed by atoms with van der Waals surface area (Å²) in [5.74, 6) is 0. The third-order valence-corrected chi connectivity index (χ3v) is 4.95. The highest BCUT2D eigenvalue weighted by atomic mass is 32.1. The number of imidazole rings is 1. The Hall–Kier alpha value is -1.13. The molecule has 2 heterocycles. The first kappa shape index (κ1) is 13.8. The van der Waals surface area contributed by atoms with E-state index in [2.05, 4.69) is 33.9 Å². The summed E-state index contributed by atoms with van der Waals surface area (Å²) < 4.78 is 2.35. The molecule has 2 aromatic rings. The maximum Gasteiger partial charge on any atom is 0.0955 e. The van der Waals surface area contributed by atoms with E-state index >= 15 is 0 Å². The average molecular weight is 289 g/mol. The Morgan fingerprint density at radius 2 is 2.10 bits per heavy atom. The summed E-state index contributed by atoms with van der Waals surface area (Å²) in [5, 5.41) is 3.46. The normalized spacial score (nSPS) is 14.4. The van der Waals surface area contributed by atoms with Crippen LogP contribution in [0.15, 0.2) is 18.5 Å². The van der Waals surface area contributed by atoms with Gasteiger partial charge in [0.15, 0.2) is 0 Å². The minimum absolute atomic E-state index is 0.987. The second kappa shape index (κ2) is 6.55. The highest BCUT2D eigenvalue weighted by Crippen LogP contribution is 2.23. The lowest BCUT2D eigenvalue weighted by Gasteiger charge is -2.13. The van der Waals surface area contributed by atoms with Crippen LogP contribution >= 0.6 is 11.3 Å². The largest absolute Gasteiger partial charge is 0.329 e. The van der Waals surface area contributed by atoms with Gasteiger partial charge in [-0.15, -0.1) is 11.3 Å². The first-order valence-electron chi connectivity index (χ1n) is 7.68. The Morgan fingerprint density at radius 3 is 3.00 bits per heavy atom. The maximum absolute atomic E-state index is 4.58. The second-order valence-corrected chi connectivity index (χ2v) is 6.77. The molecular weight excluding hydrogens is 266 g/mol. The Labute approximate surface area is 125 Å². The zero-order valence-corrected chi connectivity index (χ0v) is 13.0. The van der Waals surface area contributed by atoms with Gasteiger partial charge in [-0.25, -0.2) is 4.98 Å². The molecule has 1 aliphatic carbocycles. The lowest BCUT2D eigenvalue weighted by atomic mass is 10.0. The standard InChI is InChI=1S/C16H23N3S/c1-2-9-17-10-13-7-8-14(20-13)11-19-12-18-15-5-3-4-6-16(15)19/h7-8,12,17H,2-6,9-11H2,1H3. The van der Waals surface area contributed by atoms with E-state index in [1.807, 2.05) is 17.7 Å². The van der Waals surface area contributed by atoms with Crippen molar-refractivity contribution >= 4 is 11.3 Å². The molecule has 2 aromatic heterocycles. The molecule has 0 aromatic carbocycles. The third-order valence-electron chi connectivity index (χ3n) is 3.88. The molecule has 0 radical (unpaired) electrons. The van der Waals surface area contributed by atoms with Crippen LogP contribution in [0.25, 0.3) is 0 Å². The number of nitrogens with one attached hydrogen (secondary N) is 1. The zero-order chi connectivity index (χ0) is 13.8. The van der Waals surface area contributed by atoms with E-state index in [1.165, 1.54) is 53.2 Å². The Kier molecular flexibility index (Phi) is 4.53. The van der Waals surface area contributed by atoms with Crippen molar-refractivity contribution in [1.82, 2.24) is 14.9 Å². The number of fused-ring (bicyclic) bond motifs is 1. The summed E-state index contributed by atoms with van der Waals surface area (Å²) in [6.45, 7) is 5.29. The fourth-order valence-corrected chi connectivity index (χ4v) is 3.81. The van der Waals surface area contributed by atoms with Crippen molar-refractivity contribution in [3.05, 3.63) is 39.6 Å². The van der Waals surface area contributed by atoms with E-state index in [9.17, 15) is 0 Å². The fraction of sp³-hybridized carbons (Fsp3) is 0.562. The van der Waals surface area contributed by atoms with Gasteiger partial charge in [0.1, 0.15) is 0 Å². The highest BCUT2D eigenvalue weighted by Gasteiger charge is 2.15. The number of nitrogens with zero attached hydrogens (tertiary/aromatic N) is 2. The minimum Gasteiger partial charge on any atom is -0.329 e. The lowest BCUT2D eigenvalue weighted by molar-refractivity contribution is 0.630. The van der Waals surface area contributed by atoms with Crippen molar-refractivity contribution < 1.29 is 0 Å². The van der Waals surface area contributed by atoms with Gasteiger partial charge in [-0.05, 0) is 50.8 Å². The number of rotatable bonds is 6. The molecule has 0 saturated carbocycles. The molecule has 0 aliphatic heterocycles. The third kappa shape index (κ3) is 3.13. The van der Waals surface area contributed by atoms with Crippen molar-refractivity contribution in [3.8, 4) is 0 Å². The Balaban J connectivity index is 1.64. The molecule has 108 valence electrons. The van der Waals surface area contributed by atoms with Gasteiger partial charge in [0.25, 0.3) is 0 Å². The summed E-state index contributed by atoms with van der Waals surface area (Å²) in [6.07, 6.45) is 8.21. The Morgan fingerprint density at radius 1 is 1.25 bits per heavy atom. The summed E-state index contributed by atoms with van der Waals surface area (Å²) in [5.41, 5.74) is 2.80. The monoisotopic (exact) mass is 289 g/mol. The predicted octanol–water partition coefficient (Wildman–Crippen LogP) is 3.37. The molecule has 0 fully saturated rings. The maximum atomic E-state index is 4.58. The summed E-state index contributed by atoms with van der Waals surface area (Å²) in [4.78, 5) is 7.44. The van der Waals surface area contributed by atoms with Gasteiger partial charge >= 0.3 is 0 Å². The Bertz CT molecular complexity index is 556. The number of hydrogen-bond donors (Lipinski definition) is 1. The zero-order valence-electron chi connectivity index (χ0n) is 12.2. The van der Waals surface area contributed by atoms with Gasteiger partial charge in [-0.3, -0.25) is 0 Å². The lowest BCUT2D eigenvalue weighted by Crippen LogP contribution is -2.12. The quantitative estimate of drug-likeness (QED) is 0.826. The van der Waals surface area contributed by atoms with E-state index < -0.39 is 0 Å². The van der Waals surface area contributed by atoms with Gasteiger partial charge in [0.05, 0.1) is 18.6 Å². The van der Waals surface area contributed by atoms with E-state index in [0.717, 1.165) is 19.6 Å². The number of aromatic nitrogens is 2. The molecular formula is C16H23N3S. The van der Waals surface area contributed by atoms with Gasteiger partial charge < -0.3 is 9.88 Å². The fourth-order valence-electron chi connectivity index (χ4n) is 2.83. The molecule has 0 atom stereocenters. The van der Waals surface area contributed by atoms with Crippen LogP contribution in [-0.4, -0.2) is 16.1 Å². The van der Waals surface area contributed by atoms with Crippen LogP contribution in [0.4, 0.5) is 0 Å². The first-order chi connectivity index (χ1) is 9.86. The minimum atomic E-state index is 0.987. The van der Waals surface area contributed by atoms with Crippen molar-refractivity contribution in [3.63, 3.8) is 0 Å². The summed E-state index contributed by atoms with van der Waals surface area (Å²) in [7, 11) is 0. The van der Waals surface area contributed by atoms with E-state index in [4.69, 9.17) is 0 Å². The van der Waals surface area contributed by atoms with Gasteiger partial charge in [0.2, 0.25) is 0 Å². The van der Waals surface area contributed by atoms with Crippen LogP contribution in [0.2, 0.25) is 0 Å². The van der Waals surface area contributed by atoms with Crippen molar-refractivity contribution in [2.24, 2.45) is 0 Å². The van der Waals surface area contributed by atoms with E-state index in [0.29, 0.717) is 0 Å². The molecule has 0 bridgehead atoms. The molecule has 4 heteroatoms. The number of thiophene rings is 1. The highest BCUT2D eigenvalue weighted by molar-refractivity contribution is 7.11. The van der Waals surface area contributed by atoms with Gasteiger partial charge in [0, 0.05) is 22.0 Å². The molecule has 0 amide bonds. The molecule has 3 nitrogen and oxygen atoms in total. The van der Waals surface area contributed by atoms with Gasteiger partial charge in [-0.1, -0.05) is 6.92 Å². The van der Waals surface area contributed by atoms with Crippen LogP contribution in [0.1, 0.15) is 47.3 Å². The van der Waals surface area contributed by atoms with E-state index in [-0.39, 0.29) is 0 Å². The van der Waals surface area contributed by atoms with Crippen molar-refractivity contribution in [2.45, 2.75) is 52.1 Å². The molecule has 0 spiro atoms. The molecule has 20 heavy (non-hydrogen) atoms. The number of aryl methyl sites for hydroxylation is 1. The van der Waals surface area contributed by atoms with Crippen molar-refractivity contribution in [2.75, 3.05) is 6.54 Å². The molecule has 1 aliphatic rings. The smallest absolute Gasteiger partial charge is 0.0955 e. The van der Waals surface area contributed by atoms with Crippen LogP contribution in [0.3, 0.4) is 0 Å². The molecule has 1 N–H and O–H groups in total. The average Bonchev–Trinajstić information content (AvgIpc) is 3.08. The molecule has 3 rings (SSSR count). The van der Waals surface area contributed by atoms with E-state index in [1.54, 1.807) is 0 Å².